The average Bonchev–Trinajstić information content (AvgIpc) is 3.23. The molecule has 2 amide bonds. The van der Waals surface area contributed by atoms with E-state index in [1.807, 2.05) is 34.8 Å². The van der Waals surface area contributed by atoms with Crippen LogP contribution in [0.5, 0.6) is 0 Å². The molecule has 1 aromatic heterocycles. The molecular formula is C25H29FN4O3. The number of carbonyl (C=O) groups is 2. The van der Waals surface area contributed by atoms with Crippen molar-refractivity contribution >= 4 is 22.7 Å². The summed E-state index contributed by atoms with van der Waals surface area (Å²) in [7, 11) is 1.60. The number of likely N-dealkylation sites (tertiary alicyclic amines) is 1. The summed E-state index contributed by atoms with van der Waals surface area (Å²) < 4.78 is 20.1. The van der Waals surface area contributed by atoms with Gasteiger partial charge in [0.2, 0.25) is 0 Å². The molecule has 1 aliphatic rings. The van der Waals surface area contributed by atoms with Gasteiger partial charge in [-0.2, -0.15) is 5.10 Å². The van der Waals surface area contributed by atoms with Gasteiger partial charge in [0.15, 0.2) is 0 Å². The highest BCUT2D eigenvalue weighted by Gasteiger charge is 2.24. The van der Waals surface area contributed by atoms with Gasteiger partial charge in [-0.1, -0.05) is 0 Å². The predicted molar refractivity (Wildman–Crippen MR) is 124 cm³/mol. The molecule has 7 nitrogen and oxygen atoms in total. The molecule has 0 unspecified atom stereocenters. The maximum Gasteiger partial charge on any atom is 0.253 e. The van der Waals surface area contributed by atoms with E-state index in [4.69, 9.17) is 9.84 Å². The zero-order chi connectivity index (χ0) is 23.4. The Morgan fingerprint density at radius 1 is 1.15 bits per heavy atom. The van der Waals surface area contributed by atoms with Crippen LogP contribution in [0.2, 0.25) is 0 Å². The van der Waals surface area contributed by atoms with Crippen molar-refractivity contribution in [3.05, 3.63) is 65.1 Å². The van der Waals surface area contributed by atoms with E-state index in [0.717, 1.165) is 35.9 Å². The van der Waals surface area contributed by atoms with Crippen LogP contribution < -0.4 is 5.32 Å². The zero-order valence-electron chi connectivity index (χ0n) is 19.0. The molecule has 1 saturated heterocycles. The van der Waals surface area contributed by atoms with E-state index in [0.29, 0.717) is 43.3 Å². The van der Waals surface area contributed by atoms with Crippen molar-refractivity contribution in [1.82, 2.24) is 20.0 Å². The summed E-state index contributed by atoms with van der Waals surface area (Å²) in [4.78, 5) is 27.0. The Kier molecular flexibility index (Phi) is 7.03. The van der Waals surface area contributed by atoms with Crippen molar-refractivity contribution in [3.63, 3.8) is 0 Å². The van der Waals surface area contributed by atoms with E-state index in [2.05, 4.69) is 5.32 Å². The molecule has 0 spiro atoms. The second-order valence-corrected chi connectivity index (χ2v) is 8.51. The fourth-order valence-electron chi connectivity index (χ4n) is 4.34. The van der Waals surface area contributed by atoms with Gasteiger partial charge in [0.25, 0.3) is 11.8 Å². The summed E-state index contributed by atoms with van der Waals surface area (Å²) >= 11 is 0. The SMILES string of the molecule is COCCNC(=O)c1ccc2nn(CC3CCN(C(=O)c4ccc(F)cc4)CC3)cc2c1C. The first kappa shape index (κ1) is 22.9. The van der Waals surface area contributed by atoms with Crippen molar-refractivity contribution in [1.29, 1.82) is 0 Å². The number of aryl methyl sites for hydroxylation is 1. The number of methoxy groups -OCH3 is 1. The summed E-state index contributed by atoms with van der Waals surface area (Å²) in [6.45, 7) is 4.99. The largest absolute Gasteiger partial charge is 0.383 e. The Bertz CT molecular complexity index is 1130. The van der Waals surface area contributed by atoms with Gasteiger partial charge in [0, 0.05) is 56.0 Å². The van der Waals surface area contributed by atoms with Crippen LogP contribution in [0.1, 0.15) is 39.1 Å². The van der Waals surface area contributed by atoms with Crippen LogP contribution in [0.3, 0.4) is 0 Å². The molecule has 0 radical (unpaired) electrons. The summed E-state index contributed by atoms with van der Waals surface area (Å²) in [5.74, 6) is -0.0951. The lowest BCUT2D eigenvalue weighted by molar-refractivity contribution is 0.0681. The molecule has 1 aliphatic heterocycles. The number of rotatable bonds is 7. The highest BCUT2D eigenvalue weighted by molar-refractivity contribution is 6.00. The maximum atomic E-state index is 13.1. The fourth-order valence-corrected chi connectivity index (χ4v) is 4.34. The number of hydrogen-bond acceptors (Lipinski definition) is 4. The van der Waals surface area contributed by atoms with Crippen LogP contribution in [0, 0.1) is 18.7 Å². The Balaban J connectivity index is 1.37. The third-order valence-electron chi connectivity index (χ3n) is 6.28. The fraction of sp³-hybridized carbons (Fsp3) is 0.400. The van der Waals surface area contributed by atoms with Gasteiger partial charge in [-0.15, -0.1) is 0 Å². The first-order chi connectivity index (χ1) is 16.0. The minimum absolute atomic E-state index is 0.0507. The number of fused-ring (bicyclic) bond motifs is 1. The molecule has 3 aromatic rings. The highest BCUT2D eigenvalue weighted by Crippen LogP contribution is 2.24. The third-order valence-corrected chi connectivity index (χ3v) is 6.28. The lowest BCUT2D eigenvalue weighted by Gasteiger charge is -2.32. The van der Waals surface area contributed by atoms with Crippen LogP contribution in [0.25, 0.3) is 10.9 Å². The molecule has 0 aliphatic carbocycles. The summed E-state index contributed by atoms with van der Waals surface area (Å²) in [5.41, 5.74) is 2.94. The lowest BCUT2D eigenvalue weighted by atomic mass is 9.96. The predicted octanol–water partition coefficient (Wildman–Crippen LogP) is 3.41. The first-order valence-electron chi connectivity index (χ1n) is 11.2. The Morgan fingerprint density at radius 2 is 1.88 bits per heavy atom. The minimum atomic E-state index is -0.342. The van der Waals surface area contributed by atoms with E-state index < -0.39 is 0 Å². The van der Waals surface area contributed by atoms with E-state index in [-0.39, 0.29) is 17.6 Å². The van der Waals surface area contributed by atoms with Crippen LogP contribution in [0.4, 0.5) is 4.39 Å². The van der Waals surface area contributed by atoms with Crippen molar-refractivity contribution in [3.8, 4) is 0 Å². The van der Waals surface area contributed by atoms with E-state index in [1.165, 1.54) is 24.3 Å². The van der Waals surface area contributed by atoms with Crippen molar-refractivity contribution in [2.75, 3.05) is 33.4 Å². The van der Waals surface area contributed by atoms with Gasteiger partial charge in [0.1, 0.15) is 5.82 Å². The maximum absolute atomic E-state index is 13.1. The number of nitrogens with one attached hydrogen (secondary N) is 1. The topological polar surface area (TPSA) is 76.5 Å². The molecule has 2 aromatic carbocycles. The number of hydrogen-bond donors (Lipinski definition) is 1. The Labute approximate surface area is 192 Å². The number of piperidine rings is 1. The number of benzene rings is 2. The molecule has 1 N–H and O–H groups in total. The minimum Gasteiger partial charge on any atom is -0.383 e. The molecular weight excluding hydrogens is 423 g/mol. The summed E-state index contributed by atoms with van der Waals surface area (Å²) in [6, 6.07) is 9.41. The molecule has 0 saturated carbocycles. The Hall–Kier alpha value is -3.26. The monoisotopic (exact) mass is 452 g/mol. The van der Waals surface area contributed by atoms with Gasteiger partial charge in [-0.05, 0) is 67.6 Å². The van der Waals surface area contributed by atoms with Crippen LogP contribution in [0.15, 0.2) is 42.6 Å². The standard InChI is InChI=1S/C25H29FN4O3/c1-17-21(24(31)27-11-14-33-2)7-8-23-22(17)16-30(28-23)15-18-9-12-29(13-10-18)25(32)19-3-5-20(26)6-4-19/h3-8,16,18H,9-15H2,1-2H3,(H,27,31). The normalized spacial score (nSPS) is 14.6. The quantitative estimate of drug-likeness (QED) is 0.558. The molecule has 174 valence electrons. The first-order valence-corrected chi connectivity index (χ1v) is 11.2. The molecule has 4 rings (SSSR count). The molecule has 2 heterocycles. The number of ether oxygens (including phenoxy) is 1. The van der Waals surface area contributed by atoms with Crippen molar-refractivity contribution in [2.45, 2.75) is 26.3 Å². The number of amides is 2. The van der Waals surface area contributed by atoms with Gasteiger partial charge >= 0.3 is 0 Å². The third kappa shape index (κ3) is 5.22. The van der Waals surface area contributed by atoms with Crippen LogP contribution >= 0.6 is 0 Å². The second-order valence-electron chi connectivity index (χ2n) is 8.51. The summed E-state index contributed by atoms with van der Waals surface area (Å²) in [6.07, 6.45) is 3.77. The van der Waals surface area contributed by atoms with Crippen LogP contribution in [-0.4, -0.2) is 59.8 Å². The van der Waals surface area contributed by atoms with E-state index in [1.54, 1.807) is 7.11 Å². The number of halogens is 1. The van der Waals surface area contributed by atoms with Crippen molar-refractivity contribution < 1.29 is 18.7 Å². The lowest BCUT2D eigenvalue weighted by Crippen LogP contribution is -2.39. The molecule has 0 bridgehead atoms. The van der Waals surface area contributed by atoms with Gasteiger partial charge in [0.05, 0.1) is 12.1 Å². The average molecular weight is 453 g/mol. The number of aromatic nitrogens is 2. The van der Waals surface area contributed by atoms with E-state index >= 15 is 0 Å². The molecule has 8 heteroatoms. The number of nitrogens with zero attached hydrogens (tertiary/aromatic N) is 3. The molecule has 0 atom stereocenters. The van der Waals surface area contributed by atoms with Gasteiger partial charge < -0.3 is 15.0 Å². The molecule has 33 heavy (non-hydrogen) atoms. The smallest absolute Gasteiger partial charge is 0.253 e. The molecule has 1 fully saturated rings. The zero-order valence-corrected chi connectivity index (χ0v) is 19.0. The van der Waals surface area contributed by atoms with Gasteiger partial charge in [-0.3, -0.25) is 14.3 Å². The Morgan fingerprint density at radius 3 is 2.58 bits per heavy atom. The van der Waals surface area contributed by atoms with Crippen LogP contribution in [-0.2, 0) is 11.3 Å². The highest BCUT2D eigenvalue weighted by atomic mass is 19.1. The number of carbonyl (C=O) groups excluding carboxylic acids is 2. The second kappa shape index (κ2) is 10.1. The van der Waals surface area contributed by atoms with E-state index in [9.17, 15) is 14.0 Å². The van der Waals surface area contributed by atoms with Gasteiger partial charge in [-0.25, -0.2) is 4.39 Å². The van der Waals surface area contributed by atoms with Crippen molar-refractivity contribution in [2.24, 2.45) is 5.92 Å². The summed E-state index contributed by atoms with van der Waals surface area (Å²) in [5, 5.41) is 8.54.